The predicted octanol–water partition coefficient (Wildman–Crippen LogP) is 6.54. The number of hydrogen-bond acceptors (Lipinski definition) is 3. The van der Waals surface area contributed by atoms with E-state index in [1.54, 1.807) is 0 Å². The van der Waals surface area contributed by atoms with Gasteiger partial charge in [0.2, 0.25) is 0 Å². The van der Waals surface area contributed by atoms with Crippen LogP contribution in [-0.4, -0.2) is 18.2 Å². The van der Waals surface area contributed by atoms with Crippen molar-refractivity contribution < 1.29 is 9.47 Å². The third-order valence-corrected chi connectivity index (χ3v) is 5.94. The minimum atomic E-state index is 0.0745. The average Bonchev–Trinajstić information content (AvgIpc) is 2.69. The van der Waals surface area contributed by atoms with Crippen LogP contribution in [0.1, 0.15) is 76.2 Å². The molecule has 152 valence electrons. The van der Waals surface area contributed by atoms with Crippen molar-refractivity contribution in [3.05, 3.63) is 47.2 Å². The van der Waals surface area contributed by atoms with E-state index >= 15 is 0 Å². The van der Waals surface area contributed by atoms with Gasteiger partial charge in [-0.15, -0.1) is 0 Å². The summed E-state index contributed by atoms with van der Waals surface area (Å²) in [5.74, 6) is 1.71. The Morgan fingerprint density at radius 2 is 1.75 bits per heavy atom. The second-order valence-electron chi connectivity index (χ2n) is 7.68. The summed E-state index contributed by atoms with van der Waals surface area (Å²) >= 11 is 0. The summed E-state index contributed by atoms with van der Waals surface area (Å²) in [5, 5.41) is 0. The molecule has 0 saturated heterocycles. The number of pyridine rings is 1. The van der Waals surface area contributed by atoms with Crippen LogP contribution in [0.25, 0.3) is 11.3 Å². The molecule has 1 saturated carbocycles. The Balaban J connectivity index is 2.01. The van der Waals surface area contributed by atoms with Gasteiger partial charge >= 0.3 is 0 Å². The van der Waals surface area contributed by atoms with Crippen LogP contribution >= 0.6 is 0 Å². The molecule has 1 aliphatic rings. The van der Waals surface area contributed by atoms with Gasteiger partial charge < -0.3 is 9.47 Å². The lowest BCUT2D eigenvalue weighted by atomic mass is 9.80. The molecule has 1 atom stereocenters. The lowest BCUT2D eigenvalue weighted by Crippen LogP contribution is -2.18. The molecule has 28 heavy (non-hydrogen) atoms. The Morgan fingerprint density at radius 1 is 1.04 bits per heavy atom. The quantitative estimate of drug-likeness (QED) is 0.468. The van der Waals surface area contributed by atoms with Crippen molar-refractivity contribution in [3.63, 3.8) is 0 Å². The van der Waals surface area contributed by atoms with Crippen molar-refractivity contribution in [2.45, 2.75) is 72.3 Å². The van der Waals surface area contributed by atoms with Gasteiger partial charge in [0.15, 0.2) is 0 Å². The third-order valence-electron chi connectivity index (χ3n) is 5.94. The number of ether oxygens (including phenoxy) is 2. The van der Waals surface area contributed by atoms with Crippen molar-refractivity contribution in [2.24, 2.45) is 5.92 Å². The topological polar surface area (TPSA) is 31.4 Å². The smallest absolute Gasteiger partial charge is 0.128 e. The molecule has 3 rings (SSSR count). The largest absolute Gasteiger partial charge is 0.493 e. The van der Waals surface area contributed by atoms with Crippen molar-refractivity contribution in [1.29, 1.82) is 0 Å². The molecule has 3 heteroatoms. The first-order chi connectivity index (χ1) is 13.7. The molecule has 2 aromatic rings. The normalized spacial score (nSPS) is 15.3. The van der Waals surface area contributed by atoms with Gasteiger partial charge in [0, 0.05) is 30.0 Å². The summed E-state index contributed by atoms with van der Waals surface area (Å²) in [7, 11) is 0. The molecule has 1 aromatic carbocycles. The second-order valence-corrected chi connectivity index (χ2v) is 7.68. The maximum absolute atomic E-state index is 6.14. The maximum atomic E-state index is 6.14. The molecule has 0 radical (unpaired) electrons. The maximum Gasteiger partial charge on any atom is 0.128 e. The minimum Gasteiger partial charge on any atom is -0.493 e. The fourth-order valence-electron chi connectivity index (χ4n) is 4.20. The SMILES string of the molecule is CCOc1cc(-c2c(CC)cccc2CC)ncc1C(CC1CCC1)OCC. The number of nitrogens with zero attached hydrogens (tertiary/aromatic N) is 1. The zero-order valence-corrected chi connectivity index (χ0v) is 18.0. The van der Waals surface area contributed by atoms with E-state index < -0.39 is 0 Å². The number of aryl methyl sites for hydroxylation is 2. The van der Waals surface area contributed by atoms with Gasteiger partial charge in [-0.1, -0.05) is 51.3 Å². The van der Waals surface area contributed by atoms with Crippen LogP contribution in [0, 0.1) is 5.92 Å². The molecule has 0 N–H and O–H groups in total. The first-order valence-electron chi connectivity index (χ1n) is 11.1. The molecule has 0 amide bonds. The number of hydrogen-bond donors (Lipinski definition) is 0. The van der Waals surface area contributed by atoms with Crippen LogP contribution in [0.4, 0.5) is 0 Å². The van der Waals surface area contributed by atoms with Crippen LogP contribution in [-0.2, 0) is 17.6 Å². The molecule has 0 aliphatic heterocycles. The molecule has 0 spiro atoms. The van der Waals surface area contributed by atoms with E-state index in [4.69, 9.17) is 14.5 Å². The van der Waals surface area contributed by atoms with Crippen LogP contribution in [0.5, 0.6) is 5.75 Å². The highest BCUT2D eigenvalue weighted by molar-refractivity contribution is 5.69. The van der Waals surface area contributed by atoms with Gasteiger partial charge in [0.25, 0.3) is 0 Å². The van der Waals surface area contributed by atoms with Gasteiger partial charge in [-0.2, -0.15) is 0 Å². The van der Waals surface area contributed by atoms with Crippen molar-refractivity contribution in [1.82, 2.24) is 4.98 Å². The van der Waals surface area contributed by atoms with Gasteiger partial charge in [0.1, 0.15) is 5.75 Å². The standard InChI is InChI=1S/C25H35NO2/c1-5-19-13-10-14-20(6-2)25(19)22-16-24(28-8-4)21(17-26-22)23(27-7-3)15-18-11-9-12-18/h10,13-14,16-18,23H,5-9,11-12,15H2,1-4H3. The van der Waals surface area contributed by atoms with E-state index in [-0.39, 0.29) is 6.10 Å². The summed E-state index contributed by atoms with van der Waals surface area (Å²) in [5.41, 5.74) is 6.08. The molecular formula is C25H35NO2. The van der Waals surface area contributed by atoms with Gasteiger partial charge in [-0.05, 0) is 50.2 Å². The number of benzene rings is 1. The average molecular weight is 382 g/mol. The van der Waals surface area contributed by atoms with Crippen LogP contribution in [0.3, 0.4) is 0 Å². The molecular weight excluding hydrogens is 346 g/mol. The molecule has 1 aromatic heterocycles. The Hall–Kier alpha value is -1.87. The van der Waals surface area contributed by atoms with E-state index in [9.17, 15) is 0 Å². The molecule has 1 aliphatic carbocycles. The highest BCUT2D eigenvalue weighted by atomic mass is 16.5. The Bertz CT molecular complexity index is 745. The lowest BCUT2D eigenvalue weighted by molar-refractivity contribution is 0.0311. The summed E-state index contributed by atoms with van der Waals surface area (Å²) in [6.45, 7) is 9.89. The summed E-state index contributed by atoms with van der Waals surface area (Å²) in [6.07, 6.45) is 9.15. The minimum absolute atomic E-state index is 0.0745. The van der Waals surface area contributed by atoms with E-state index in [2.05, 4.69) is 45.0 Å². The van der Waals surface area contributed by atoms with Crippen LogP contribution < -0.4 is 4.74 Å². The predicted molar refractivity (Wildman–Crippen MR) is 116 cm³/mol. The first kappa shape index (κ1) is 20.9. The van der Waals surface area contributed by atoms with Crippen LogP contribution in [0.15, 0.2) is 30.5 Å². The van der Waals surface area contributed by atoms with E-state index in [1.807, 2.05) is 13.1 Å². The van der Waals surface area contributed by atoms with Crippen LogP contribution in [0.2, 0.25) is 0 Å². The van der Waals surface area contributed by atoms with E-state index in [0.29, 0.717) is 13.2 Å². The molecule has 1 fully saturated rings. The second kappa shape index (κ2) is 10.1. The van der Waals surface area contributed by atoms with Gasteiger partial charge in [0.05, 0.1) is 18.4 Å². The van der Waals surface area contributed by atoms with Gasteiger partial charge in [-0.25, -0.2) is 0 Å². The Kier molecular flexibility index (Phi) is 7.50. The molecule has 0 bridgehead atoms. The van der Waals surface area contributed by atoms with Crippen molar-refractivity contribution in [3.8, 4) is 17.0 Å². The molecule has 1 unspecified atom stereocenters. The zero-order chi connectivity index (χ0) is 19.9. The highest BCUT2D eigenvalue weighted by Gasteiger charge is 2.26. The zero-order valence-electron chi connectivity index (χ0n) is 18.0. The Morgan fingerprint density at radius 3 is 2.29 bits per heavy atom. The monoisotopic (exact) mass is 381 g/mol. The van der Waals surface area contributed by atoms with Crippen molar-refractivity contribution >= 4 is 0 Å². The van der Waals surface area contributed by atoms with Crippen molar-refractivity contribution in [2.75, 3.05) is 13.2 Å². The summed E-state index contributed by atoms with van der Waals surface area (Å²) < 4.78 is 12.2. The van der Waals surface area contributed by atoms with E-state index in [0.717, 1.165) is 42.2 Å². The van der Waals surface area contributed by atoms with Gasteiger partial charge in [-0.3, -0.25) is 4.98 Å². The lowest BCUT2D eigenvalue weighted by Gasteiger charge is -2.30. The molecule has 1 heterocycles. The third kappa shape index (κ3) is 4.57. The highest BCUT2D eigenvalue weighted by Crippen LogP contribution is 2.40. The first-order valence-corrected chi connectivity index (χ1v) is 11.1. The number of rotatable bonds is 10. The fourth-order valence-corrected chi connectivity index (χ4v) is 4.20. The summed E-state index contributed by atoms with van der Waals surface area (Å²) in [4.78, 5) is 4.90. The summed E-state index contributed by atoms with van der Waals surface area (Å²) in [6, 6.07) is 8.72. The molecule has 3 nitrogen and oxygen atoms in total. The Labute approximate surface area is 170 Å². The van der Waals surface area contributed by atoms with E-state index in [1.165, 1.54) is 36.0 Å². The number of aromatic nitrogens is 1. The fraction of sp³-hybridized carbons (Fsp3) is 0.560.